The maximum Gasteiger partial charge on any atom is 0.264 e. The van der Waals surface area contributed by atoms with Gasteiger partial charge in [0.2, 0.25) is 11.9 Å². The number of carbonyl (C=O) groups excluding carboxylic acids is 2. The first kappa shape index (κ1) is 23.0. The number of benzene rings is 2. The number of nitrogens with one attached hydrogen (secondary N) is 1. The second kappa shape index (κ2) is 9.84. The first-order valence-electron chi connectivity index (χ1n) is 11.5. The van der Waals surface area contributed by atoms with Crippen LogP contribution >= 0.6 is 11.3 Å². The maximum absolute atomic E-state index is 14.3. The van der Waals surface area contributed by atoms with Crippen molar-refractivity contribution in [1.29, 1.82) is 0 Å². The fraction of sp³-hybridized carbons (Fsp3) is 0.222. The Hall–Kier alpha value is -3.78. The van der Waals surface area contributed by atoms with Crippen molar-refractivity contribution in [2.45, 2.75) is 19.8 Å². The number of imidazole rings is 1. The van der Waals surface area contributed by atoms with Crippen LogP contribution in [0.3, 0.4) is 0 Å². The Labute approximate surface area is 207 Å². The van der Waals surface area contributed by atoms with Crippen LogP contribution in [-0.4, -0.2) is 39.4 Å². The molecule has 4 aromatic rings. The number of halogens is 1. The number of aromatic nitrogens is 2. The highest BCUT2D eigenvalue weighted by Gasteiger charge is 2.29. The smallest absolute Gasteiger partial charge is 0.264 e. The molecular formula is C27H25FN4O2S. The molecule has 0 bridgehead atoms. The lowest BCUT2D eigenvalue weighted by molar-refractivity contribution is -0.117. The van der Waals surface area contributed by atoms with Gasteiger partial charge in [0.25, 0.3) is 5.91 Å². The molecule has 35 heavy (non-hydrogen) atoms. The second-order valence-corrected chi connectivity index (χ2v) is 9.72. The van der Waals surface area contributed by atoms with E-state index in [1.807, 2.05) is 41.8 Å². The van der Waals surface area contributed by atoms with Crippen LogP contribution in [0.15, 0.2) is 72.2 Å². The maximum atomic E-state index is 14.3. The summed E-state index contributed by atoms with van der Waals surface area (Å²) in [4.78, 5) is 33.0. The van der Waals surface area contributed by atoms with Crippen LogP contribution in [0.5, 0.6) is 0 Å². The molecule has 0 spiro atoms. The van der Waals surface area contributed by atoms with Crippen molar-refractivity contribution in [1.82, 2.24) is 14.5 Å². The SMILES string of the molecule is Cc1ccc(-n2cc(-c3ccccc3)nc2NC(=O)CN(CC2CC2)C(=O)c2cccs2)cc1F. The van der Waals surface area contributed by atoms with E-state index in [0.717, 1.165) is 18.4 Å². The normalized spacial score (nSPS) is 13.0. The molecule has 178 valence electrons. The predicted molar refractivity (Wildman–Crippen MR) is 135 cm³/mol. The van der Waals surface area contributed by atoms with Crippen molar-refractivity contribution in [3.8, 4) is 16.9 Å². The fourth-order valence-corrected chi connectivity index (χ4v) is 4.56. The number of hydrogen-bond donors (Lipinski definition) is 1. The number of thiophene rings is 1. The second-order valence-electron chi connectivity index (χ2n) is 8.77. The number of aryl methyl sites for hydroxylation is 1. The zero-order valence-electron chi connectivity index (χ0n) is 19.3. The molecule has 6 nitrogen and oxygen atoms in total. The fourth-order valence-electron chi connectivity index (χ4n) is 3.87. The molecule has 2 amide bonds. The van der Waals surface area contributed by atoms with Crippen molar-refractivity contribution < 1.29 is 14.0 Å². The van der Waals surface area contributed by atoms with Crippen LogP contribution in [0.2, 0.25) is 0 Å². The van der Waals surface area contributed by atoms with E-state index in [2.05, 4.69) is 10.3 Å². The summed E-state index contributed by atoms with van der Waals surface area (Å²) in [6.45, 7) is 2.17. The minimum Gasteiger partial charge on any atom is -0.328 e. The van der Waals surface area contributed by atoms with Gasteiger partial charge in [0, 0.05) is 18.3 Å². The molecule has 1 fully saturated rings. The molecule has 2 aromatic heterocycles. The summed E-state index contributed by atoms with van der Waals surface area (Å²) in [5, 5.41) is 4.71. The Morgan fingerprint density at radius 3 is 2.63 bits per heavy atom. The van der Waals surface area contributed by atoms with Crippen molar-refractivity contribution in [2.75, 3.05) is 18.4 Å². The lowest BCUT2D eigenvalue weighted by Gasteiger charge is -2.21. The monoisotopic (exact) mass is 488 g/mol. The van der Waals surface area contributed by atoms with Crippen molar-refractivity contribution in [3.63, 3.8) is 0 Å². The quantitative estimate of drug-likeness (QED) is 0.354. The molecule has 0 atom stereocenters. The number of hydrogen-bond acceptors (Lipinski definition) is 4. The molecule has 0 unspecified atom stereocenters. The zero-order valence-corrected chi connectivity index (χ0v) is 20.1. The molecule has 5 rings (SSSR count). The summed E-state index contributed by atoms with van der Waals surface area (Å²) in [5.41, 5.74) is 2.59. The first-order chi connectivity index (χ1) is 17.0. The third-order valence-electron chi connectivity index (χ3n) is 5.99. The van der Waals surface area contributed by atoms with E-state index in [1.54, 1.807) is 40.8 Å². The molecule has 2 heterocycles. The number of amides is 2. The van der Waals surface area contributed by atoms with Gasteiger partial charge >= 0.3 is 0 Å². The van der Waals surface area contributed by atoms with E-state index in [-0.39, 0.29) is 30.1 Å². The number of carbonyl (C=O) groups is 2. The van der Waals surface area contributed by atoms with Crippen molar-refractivity contribution in [3.05, 3.63) is 88.5 Å². The Morgan fingerprint density at radius 1 is 1.14 bits per heavy atom. The van der Waals surface area contributed by atoms with E-state index in [0.29, 0.717) is 34.3 Å². The van der Waals surface area contributed by atoms with Crippen LogP contribution in [-0.2, 0) is 4.79 Å². The van der Waals surface area contributed by atoms with E-state index in [4.69, 9.17) is 0 Å². The largest absolute Gasteiger partial charge is 0.328 e. The van der Waals surface area contributed by atoms with Crippen LogP contribution in [0.1, 0.15) is 28.1 Å². The molecule has 1 saturated carbocycles. The standard InChI is InChI=1S/C27H25FN4O2S/c1-18-9-12-21(14-22(18)28)32-16-23(20-6-3-2-4-7-20)29-27(32)30-25(33)17-31(15-19-10-11-19)26(34)24-8-5-13-35-24/h2-9,12-14,16,19H,10-11,15,17H2,1H3,(H,29,30,33). The Kier molecular flexibility index (Phi) is 6.46. The lowest BCUT2D eigenvalue weighted by atomic mass is 10.2. The third kappa shape index (κ3) is 5.33. The molecule has 8 heteroatoms. The Balaban J connectivity index is 1.42. The minimum atomic E-state index is -0.352. The predicted octanol–water partition coefficient (Wildman–Crippen LogP) is 5.54. The highest BCUT2D eigenvalue weighted by molar-refractivity contribution is 7.12. The molecule has 2 aromatic carbocycles. The van der Waals surface area contributed by atoms with Gasteiger partial charge in [-0.3, -0.25) is 19.5 Å². The summed E-state index contributed by atoms with van der Waals surface area (Å²) >= 11 is 1.37. The first-order valence-corrected chi connectivity index (χ1v) is 12.4. The highest BCUT2D eigenvalue weighted by Crippen LogP contribution is 2.30. The van der Waals surface area contributed by atoms with E-state index < -0.39 is 0 Å². The van der Waals surface area contributed by atoms with E-state index >= 15 is 0 Å². The van der Waals surface area contributed by atoms with Gasteiger partial charge in [-0.2, -0.15) is 0 Å². The molecule has 1 aliphatic rings. The van der Waals surface area contributed by atoms with Crippen LogP contribution in [0, 0.1) is 18.7 Å². The Morgan fingerprint density at radius 2 is 1.94 bits per heavy atom. The minimum absolute atomic E-state index is 0.0803. The summed E-state index contributed by atoms with van der Waals surface area (Å²) < 4.78 is 16.0. The van der Waals surface area contributed by atoms with Crippen molar-refractivity contribution in [2.24, 2.45) is 5.92 Å². The molecular weight excluding hydrogens is 463 g/mol. The van der Waals surface area contributed by atoms with Gasteiger partial charge in [-0.15, -0.1) is 11.3 Å². The summed E-state index contributed by atoms with van der Waals surface area (Å²) in [7, 11) is 0. The Bertz CT molecular complexity index is 1350. The summed E-state index contributed by atoms with van der Waals surface area (Å²) in [6.07, 6.45) is 3.91. The molecule has 1 N–H and O–H groups in total. The number of anilines is 1. The highest BCUT2D eigenvalue weighted by atomic mass is 32.1. The number of rotatable bonds is 8. The van der Waals surface area contributed by atoms with Crippen LogP contribution in [0.25, 0.3) is 16.9 Å². The lowest BCUT2D eigenvalue weighted by Crippen LogP contribution is -2.39. The topological polar surface area (TPSA) is 67.2 Å². The van der Waals surface area contributed by atoms with Crippen LogP contribution < -0.4 is 5.32 Å². The summed E-state index contributed by atoms with van der Waals surface area (Å²) in [6, 6.07) is 18.1. The van der Waals surface area contributed by atoms with Gasteiger partial charge in [-0.1, -0.05) is 42.5 Å². The number of nitrogens with zero attached hydrogens (tertiary/aromatic N) is 3. The molecule has 1 aliphatic carbocycles. The molecule has 0 saturated heterocycles. The van der Waals surface area contributed by atoms with Gasteiger partial charge in [0.05, 0.1) is 16.3 Å². The molecule has 0 radical (unpaired) electrons. The average Bonchev–Trinajstić information content (AvgIpc) is 3.33. The van der Waals surface area contributed by atoms with Gasteiger partial charge in [0.15, 0.2) is 0 Å². The third-order valence-corrected chi connectivity index (χ3v) is 6.85. The zero-order chi connectivity index (χ0) is 24.4. The van der Waals surface area contributed by atoms with Gasteiger partial charge < -0.3 is 4.90 Å². The van der Waals surface area contributed by atoms with Crippen LogP contribution in [0.4, 0.5) is 10.3 Å². The van der Waals surface area contributed by atoms with Gasteiger partial charge in [-0.25, -0.2) is 9.37 Å². The van der Waals surface area contributed by atoms with E-state index in [1.165, 1.54) is 17.4 Å². The van der Waals surface area contributed by atoms with Gasteiger partial charge in [-0.05, 0) is 54.8 Å². The average molecular weight is 489 g/mol. The van der Waals surface area contributed by atoms with Gasteiger partial charge in [0.1, 0.15) is 12.4 Å². The molecule has 0 aliphatic heterocycles. The van der Waals surface area contributed by atoms with Crippen molar-refractivity contribution >= 4 is 29.1 Å². The summed E-state index contributed by atoms with van der Waals surface area (Å²) in [5.74, 6) is -0.126. The van der Waals surface area contributed by atoms with E-state index in [9.17, 15) is 14.0 Å².